The zero-order valence-corrected chi connectivity index (χ0v) is 14.9. The lowest BCUT2D eigenvalue weighted by atomic mass is 10.2. The van der Waals surface area contributed by atoms with E-state index in [0.717, 1.165) is 25.0 Å². The van der Waals surface area contributed by atoms with Gasteiger partial charge >= 0.3 is 0 Å². The Balaban J connectivity index is 1.91. The van der Waals surface area contributed by atoms with Gasteiger partial charge in [0.05, 0.1) is 33.6 Å². The minimum absolute atomic E-state index is 0.226. The average Bonchev–Trinajstić information content (AvgIpc) is 3.12. The summed E-state index contributed by atoms with van der Waals surface area (Å²) in [5, 5.41) is 7.66. The van der Waals surface area contributed by atoms with Gasteiger partial charge in [0.1, 0.15) is 0 Å². The van der Waals surface area contributed by atoms with Crippen molar-refractivity contribution in [2.45, 2.75) is 18.9 Å². The highest BCUT2D eigenvalue weighted by Gasteiger charge is 2.15. The van der Waals surface area contributed by atoms with Crippen molar-refractivity contribution < 1.29 is 18.9 Å². The smallest absolute Gasteiger partial charge is 0.203 e. The average molecular weight is 353 g/mol. The second-order valence-electron chi connectivity index (χ2n) is 5.17. The Morgan fingerprint density at radius 2 is 2.00 bits per heavy atom. The molecule has 1 aromatic carbocycles. The van der Waals surface area contributed by atoms with Crippen LogP contribution in [0.5, 0.6) is 17.2 Å². The molecule has 0 spiro atoms. The Morgan fingerprint density at radius 3 is 2.54 bits per heavy atom. The van der Waals surface area contributed by atoms with Crippen LogP contribution in [-0.2, 0) is 4.74 Å². The molecule has 1 aromatic rings. The van der Waals surface area contributed by atoms with E-state index in [0.29, 0.717) is 28.9 Å². The maximum Gasteiger partial charge on any atom is 0.203 e. The van der Waals surface area contributed by atoms with Crippen molar-refractivity contribution in [3.63, 3.8) is 0 Å². The fourth-order valence-corrected chi connectivity index (χ4v) is 2.53. The molecule has 1 aliphatic heterocycles. The van der Waals surface area contributed by atoms with Gasteiger partial charge in [0.25, 0.3) is 0 Å². The zero-order valence-electron chi connectivity index (χ0n) is 14.1. The van der Waals surface area contributed by atoms with E-state index in [-0.39, 0.29) is 6.10 Å². The third kappa shape index (κ3) is 4.97. The predicted octanol–water partition coefficient (Wildman–Crippen LogP) is 1.69. The van der Waals surface area contributed by atoms with Crippen molar-refractivity contribution in [1.29, 1.82) is 0 Å². The summed E-state index contributed by atoms with van der Waals surface area (Å²) < 4.78 is 21.4. The van der Waals surface area contributed by atoms with Crippen LogP contribution in [0.3, 0.4) is 0 Å². The first-order chi connectivity index (χ1) is 11.7. The third-order valence-electron chi connectivity index (χ3n) is 3.58. The molecule has 1 fully saturated rings. The molecule has 2 N–H and O–H groups in total. The van der Waals surface area contributed by atoms with Gasteiger partial charge < -0.3 is 24.3 Å². The number of hydrazone groups is 1. The molecule has 2 rings (SSSR count). The van der Waals surface area contributed by atoms with E-state index in [2.05, 4.69) is 15.8 Å². The van der Waals surface area contributed by atoms with E-state index in [9.17, 15) is 0 Å². The lowest BCUT2D eigenvalue weighted by molar-refractivity contribution is 0.114. The number of rotatable bonds is 7. The lowest BCUT2D eigenvalue weighted by Crippen LogP contribution is -2.37. The van der Waals surface area contributed by atoms with Crippen LogP contribution in [0.1, 0.15) is 18.4 Å². The molecular weight excluding hydrogens is 330 g/mol. The van der Waals surface area contributed by atoms with Crippen molar-refractivity contribution in [1.82, 2.24) is 10.7 Å². The van der Waals surface area contributed by atoms with Crippen molar-refractivity contribution in [2.75, 3.05) is 34.5 Å². The van der Waals surface area contributed by atoms with E-state index in [1.807, 2.05) is 0 Å². The second kappa shape index (κ2) is 9.29. The highest BCUT2D eigenvalue weighted by Crippen LogP contribution is 2.37. The van der Waals surface area contributed by atoms with Crippen LogP contribution < -0.4 is 25.0 Å². The molecule has 1 aliphatic rings. The van der Waals surface area contributed by atoms with Crippen LogP contribution in [0, 0.1) is 0 Å². The van der Waals surface area contributed by atoms with E-state index in [4.69, 9.17) is 31.2 Å². The zero-order chi connectivity index (χ0) is 17.4. The lowest BCUT2D eigenvalue weighted by Gasteiger charge is -2.13. The first-order valence-electron chi connectivity index (χ1n) is 7.66. The minimum Gasteiger partial charge on any atom is -0.493 e. The van der Waals surface area contributed by atoms with Gasteiger partial charge in [-0.1, -0.05) is 0 Å². The van der Waals surface area contributed by atoms with Crippen molar-refractivity contribution >= 4 is 23.5 Å². The van der Waals surface area contributed by atoms with Crippen molar-refractivity contribution in [3.05, 3.63) is 17.7 Å². The van der Waals surface area contributed by atoms with Crippen molar-refractivity contribution in [2.24, 2.45) is 5.10 Å². The van der Waals surface area contributed by atoms with Crippen LogP contribution in [0.4, 0.5) is 0 Å². The fourth-order valence-electron chi connectivity index (χ4n) is 2.39. The number of nitrogens with zero attached hydrogens (tertiary/aromatic N) is 1. The maximum absolute atomic E-state index is 5.52. The quantitative estimate of drug-likeness (QED) is 0.439. The normalized spacial score (nSPS) is 16.9. The Kier molecular flexibility index (Phi) is 7.07. The molecule has 7 nitrogen and oxygen atoms in total. The molecule has 0 radical (unpaired) electrons. The molecule has 24 heavy (non-hydrogen) atoms. The van der Waals surface area contributed by atoms with Crippen LogP contribution in [-0.4, -0.2) is 51.9 Å². The van der Waals surface area contributed by atoms with Gasteiger partial charge in [-0.3, -0.25) is 5.43 Å². The van der Waals surface area contributed by atoms with Crippen LogP contribution in [0.25, 0.3) is 0 Å². The number of benzene rings is 1. The van der Waals surface area contributed by atoms with E-state index in [1.165, 1.54) is 0 Å². The summed E-state index contributed by atoms with van der Waals surface area (Å²) in [6, 6.07) is 3.60. The first kappa shape index (κ1) is 18.3. The maximum atomic E-state index is 5.52. The van der Waals surface area contributed by atoms with Gasteiger partial charge in [0.2, 0.25) is 5.75 Å². The van der Waals surface area contributed by atoms with Gasteiger partial charge in [-0.05, 0) is 37.2 Å². The van der Waals surface area contributed by atoms with Crippen molar-refractivity contribution in [3.8, 4) is 17.2 Å². The molecular formula is C16H23N3O4S. The topological polar surface area (TPSA) is 73.3 Å². The van der Waals surface area contributed by atoms with Crippen LogP contribution in [0.15, 0.2) is 17.2 Å². The predicted molar refractivity (Wildman–Crippen MR) is 96.4 cm³/mol. The van der Waals surface area contributed by atoms with Gasteiger partial charge in [0.15, 0.2) is 16.6 Å². The molecule has 132 valence electrons. The third-order valence-corrected chi connectivity index (χ3v) is 3.82. The Morgan fingerprint density at radius 1 is 1.29 bits per heavy atom. The summed E-state index contributed by atoms with van der Waals surface area (Å²) in [7, 11) is 4.70. The summed E-state index contributed by atoms with van der Waals surface area (Å²) >= 11 is 5.18. The van der Waals surface area contributed by atoms with E-state index in [1.54, 1.807) is 39.7 Å². The molecule has 1 atom stereocenters. The number of nitrogens with one attached hydrogen (secondary N) is 2. The number of ether oxygens (including phenoxy) is 4. The van der Waals surface area contributed by atoms with E-state index >= 15 is 0 Å². The number of hydrogen-bond donors (Lipinski definition) is 2. The molecule has 1 heterocycles. The number of hydrogen-bond acceptors (Lipinski definition) is 6. The fraction of sp³-hybridized carbons (Fsp3) is 0.500. The minimum atomic E-state index is 0.226. The Hall–Kier alpha value is -2.06. The highest BCUT2D eigenvalue weighted by atomic mass is 32.1. The molecule has 0 saturated carbocycles. The van der Waals surface area contributed by atoms with Gasteiger partial charge in [-0.15, -0.1) is 0 Å². The van der Waals surface area contributed by atoms with E-state index < -0.39 is 0 Å². The highest BCUT2D eigenvalue weighted by molar-refractivity contribution is 7.80. The monoisotopic (exact) mass is 353 g/mol. The molecule has 0 unspecified atom stereocenters. The first-order valence-corrected chi connectivity index (χ1v) is 8.07. The molecule has 8 heteroatoms. The summed E-state index contributed by atoms with van der Waals surface area (Å²) in [5.41, 5.74) is 3.57. The standard InChI is InChI=1S/C16H23N3O4S/c1-20-13-7-11(8-14(21-2)15(13)22-3)9-18-19-16(24)17-10-12-5-4-6-23-12/h7-9,12H,4-6,10H2,1-3H3,(H2,17,19,24)/b18-9-/t12-/m1/s1. The van der Waals surface area contributed by atoms with Gasteiger partial charge in [-0.25, -0.2) is 0 Å². The Bertz CT molecular complexity index is 564. The number of thiocarbonyl (C=S) groups is 1. The number of methoxy groups -OCH3 is 3. The summed E-state index contributed by atoms with van der Waals surface area (Å²) in [5.74, 6) is 1.67. The largest absolute Gasteiger partial charge is 0.493 e. The molecule has 0 aliphatic carbocycles. The molecule has 0 bridgehead atoms. The SMILES string of the molecule is COc1cc(/C=N\NC(=S)NC[C@H]2CCCO2)cc(OC)c1OC. The van der Waals surface area contributed by atoms with Gasteiger partial charge in [0, 0.05) is 18.7 Å². The molecule has 0 amide bonds. The van der Waals surface area contributed by atoms with Crippen LogP contribution >= 0.6 is 12.2 Å². The summed E-state index contributed by atoms with van der Waals surface area (Å²) in [6.07, 6.45) is 4.02. The second-order valence-corrected chi connectivity index (χ2v) is 5.58. The summed E-state index contributed by atoms with van der Waals surface area (Å²) in [4.78, 5) is 0. The molecule has 1 saturated heterocycles. The Labute approximate surface area is 147 Å². The van der Waals surface area contributed by atoms with Gasteiger partial charge in [-0.2, -0.15) is 5.10 Å². The summed E-state index contributed by atoms with van der Waals surface area (Å²) in [6.45, 7) is 1.51. The molecule has 0 aromatic heterocycles. The van der Waals surface area contributed by atoms with Crippen LogP contribution in [0.2, 0.25) is 0 Å².